The lowest BCUT2D eigenvalue weighted by atomic mass is 9.78. The van der Waals surface area contributed by atoms with Crippen molar-refractivity contribution in [1.82, 2.24) is 0 Å². The Labute approximate surface area is 145 Å². The van der Waals surface area contributed by atoms with Gasteiger partial charge in [0.25, 0.3) is 0 Å². The number of allylic oxidation sites excluding steroid dienone is 1. The van der Waals surface area contributed by atoms with Crippen LogP contribution < -0.4 is 9.47 Å². The molecule has 0 N–H and O–H groups in total. The summed E-state index contributed by atoms with van der Waals surface area (Å²) in [7, 11) is 0. The molecule has 1 atom stereocenters. The standard InChI is InChI=1S/C21H28O3/c1-14(2)18-13-21(3,4)24-19-11-10-16(12-17(18)19)23-20(22)15-8-6-5-7-9-15/h8,10-12,14,18H,5-7,9,13H2,1-4H3. The van der Waals surface area contributed by atoms with E-state index in [1.165, 1.54) is 6.42 Å². The summed E-state index contributed by atoms with van der Waals surface area (Å²) in [4.78, 5) is 12.3. The largest absolute Gasteiger partial charge is 0.488 e. The Morgan fingerprint density at radius 2 is 2.08 bits per heavy atom. The fraction of sp³-hybridized carbons (Fsp3) is 0.571. The van der Waals surface area contributed by atoms with Gasteiger partial charge in [0.05, 0.1) is 0 Å². The highest BCUT2D eigenvalue weighted by Gasteiger charge is 2.35. The Bertz CT molecular complexity index is 655. The molecule has 1 aromatic carbocycles. The van der Waals surface area contributed by atoms with Gasteiger partial charge in [-0.1, -0.05) is 19.9 Å². The molecule has 3 heteroatoms. The van der Waals surface area contributed by atoms with E-state index in [0.29, 0.717) is 17.6 Å². The lowest BCUT2D eigenvalue weighted by Crippen LogP contribution is -2.36. The summed E-state index contributed by atoms with van der Waals surface area (Å²) in [6, 6.07) is 5.79. The van der Waals surface area contributed by atoms with E-state index >= 15 is 0 Å². The summed E-state index contributed by atoms with van der Waals surface area (Å²) in [5.41, 5.74) is 1.82. The molecule has 3 rings (SSSR count). The zero-order valence-corrected chi connectivity index (χ0v) is 15.2. The van der Waals surface area contributed by atoms with Crippen LogP contribution in [-0.2, 0) is 4.79 Å². The molecule has 2 aliphatic rings. The zero-order chi connectivity index (χ0) is 17.3. The highest BCUT2D eigenvalue weighted by Crippen LogP contribution is 2.45. The van der Waals surface area contributed by atoms with Crippen molar-refractivity contribution in [3.05, 3.63) is 35.4 Å². The molecule has 1 aliphatic heterocycles. The molecule has 1 aliphatic carbocycles. The van der Waals surface area contributed by atoms with Gasteiger partial charge in [0.1, 0.15) is 17.1 Å². The Balaban J connectivity index is 1.83. The van der Waals surface area contributed by atoms with Crippen LogP contribution in [0.4, 0.5) is 0 Å². The second-order valence-corrected chi connectivity index (χ2v) is 7.98. The highest BCUT2D eigenvalue weighted by molar-refractivity contribution is 5.90. The van der Waals surface area contributed by atoms with Crippen molar-refractivity contribution in [3.63, 3.8) is 0 Å². The summed E-state index contributed by atoms with van der Waals surface area (Å²) in [6.45, 7) is 8.74. The van der Waals surface area contributed by atoms with Crippen LogP contribution in [0.1, 0.15) is 71.3 Å². The minimum absolute atomic E-state index is 0.160. The van der Waals surface area contributed by atoms with Crippen LogP contribution in [0.15, 0.2) is 29.8 Å². The Morgan fingerprint density at radius 1 is 1.29 bits per heavy atom. The van der Waals surface area contributed by atoms with Gasteiger partial charge >= 0.3 is 5.97 Å². The Kier molecular flexibility index (Phi) is 4.71. The van der Waals surface area contributed by atoms with Gasteiger partial charge in [0, 0.05) is 11.1 Å². The summed E-state index contributed by atoms with van der Waals surface area (Å²) in [5, 5.41) is 0. The zero-order valence-electron chi connectivity index (χ0n) is 15.2. The van der Waals surface area contributed by atoms with Gasteiger partial charge in [-0.3, -0.25) is 0 Å². The monoisotopic (exact) mass is 328 g/mol. The lowest BCUT2D eigenvalue weighted by molar-refractivity contribution is -0.130. The number of hydrogen-bond acceptors (Lipinski definition) is 3. The molecule has 0 saturated heterocycles. The van der Waals surface area contributed by atoms with Crippen molar-refractivity contribution in [2.45, 2.75) is 71.3 Å². The van der Waals surface area contributed by atoms with Gasteiger partial charge in [0.2, 0.25) is 0 Å². The molecule has 0 fully saturated rings. The molecule has 0 bridgehead atoms. The number of carbonyl (C=O) groups excluding carboxylic acids is 1. The van der Waals surface area contributed by atoms with E-state index in [1.807, 2.05) is 24.3 Å². The summed E-state index contributed by atoms with van der Waals surface area (Å²) >= 11 is 0. The number of esters is 1. The second-order valence-electron chi connectivity index (χ2n) is 7.98. The van der Waals surface area contributed by atoms with E-state index in [4.69, 9.17) is 9.47 Å². The molecule has 1 aromatic rings. The minimum atomic E-state index is -0.201. The number of carbonyl (C=O) groups is 1. The Morgan fingerprint density at radius 3 is 2.75 bits per heavy atom. The number of hydrogen-bond donors (Lipinski definition) is 0. The maximum Gasteiger partial charge on any atom is 0.339 e. The van der Waals surface area contributed by atoms with Crippen molar-refractivity contribution in [1.29, 1.82) is 0 Å². The topological polar surface area (TPSA) is 35.5 Å². The lowest BCUT2D eigenvalue weighted by Gasteiger charge is -2.39. The first kappa shape index (κ1) is 17.1. The van der Waals surface area contributed by atoms with Crippen LogP contribution in [0.5, 0.6) is 11.5 Å². The number of rotatable bonds is 3. The first-order valence-corrected chi connectivity index (χ1v) is 9.10. The van der Waals surface area contributed by atoms with E-state index < -0.39 is 0 Å². The normalized spacial score (nSPS) is 22.4. The highest BCUT2D eigenvalue weighted by atomic mass is 16.5. The quantitative estimate of drug-likeness (QED) is 0.551. The van der Waals surface area contributed by atoms with E-state index in [0.717, 1.165) is 42.6 Å². The molecule has 24 heavy (non-hydrogen) atoms. The molecule has 0 amide bonds. The van der Waals surface area contributed by atoms with Gasteiger partial charge in [-0.05, 0) is 76.0 Å². The first-order valence-electron chi connectivity index (χ1n) is 9.10. The molecular weight excluding hydrogens is 300 g/mol. The van der Waals surface area contributed by atoms with Gasteiger partial charge in [0.15, 0.2) is 0 Å². The van der Waals surface area contributed by atoms with Gasteiger partial charge < -0.3 is 9.47 Å². The van der Waals surface area contributed by atoms with E-state index in [9.17, 15) is 4.79 Å². The predicted octanol–water partition coefficient (Wildman–Crippen LogP) is 5.39. The van der Waals surface area contributed by atoms with Crippen LogP contribution in [-0.4, -0.2) is 11.6 Å². The third kappa shape index (κ3) is 3.66. The maximum absolute atomic E-state index is 12.3. The van der Waals surface area contributed by atoms with Crippen LogP contribution in [0.25, 0.3) is 0 Å². The molecular formula is C21H28O3. The molecule has 3 nitrogen and oxygen atoms in total. The minimum Gasteiger partial charge on any atom is -0.488 e. The van der Waals surface area contributed by atoms with Crippen molar-refractivity contribution in [2.24, 2.45) is 5.92 Å². The average molecular weight is 328 g/mol. The van der Waals surface area contributed by atoms with Crippen LogP contribution in [0, 0.1) is 5.92 Å². The van der Waals surface area contributed by atoms with Gasteiger partial charge in [-0.25, -0.2) is 4.79 Å². The van der Waals surface area contributed by atoms with Crippen molar-refractivity contribution < 1.29 is 14.3 Å². The molecule has 1 unspecified atom stereocenters. The molecule has 0 aromatic heterocycles. The fourth-order valence-electron chi connectivity index (χ4n) is 3.74. The average Bonchev–Trinajstić information content (AvgIpc) is 2.54. The van der Waals surface area contributed by atoms with Crippen molar-refractivity contribution in [2.75, 3.05) is 0 Å². The fourth-order valence-corrected chi connectivity index (χ4v) is 3.74. The van der Waals surface area contributed by atoms with E-state index in [2.05, 4.69) is 27.7 Å². The predicted molar refractivity (Wildman–Crippen MR) is 95.5 cm³/mol. The van der Waals surface area contributed by atoms with Crippen molar-refractivity contribution in [3.8, 4) is 11.5 Å². The van der Waals surface area contributed by atoms with E-state index in [1.54, 1.807) is 0 Å². The summed E-state index contributed by atoms with van der Waals surface area (Å²) in [6.07, 6.45) is 7.04. The van der Waals surface area contributed by atoms with Crippen LogP contribution in [0.2, 0.25) is 0 Å². The van der Waals surface area contributed by atoms with Crippen LogP contribution in [0.3, 0.4) is 0 Å². The van der Waals surface area contributed by atoms with Gasteiger partial charge in [-0.2, -0.15) is 0 Å². The number of benzene rings is 1. The molecule has 0 spiro atoms. The summed E-state index contributed by atoms with van der Waals surface area (Å²) < 4.78 is 11.8. The number of fused-ring (bicyclic) bond motifs is 1. The van der Waals surface area contributed by atoms with Gasteiger partial charge in [-0.15, -0.1) is 0 Å². The first-order chi connectivity index (χ1) is 11.4. The molecule has 0 radical (unpaired) electrons. The third-order valence-electron chi connectivity index (χ3n) is 5.05. The van der Waals surface area contributed by atoms with E-state index in [-0.39, 0.29) is 11.6 Å². The molecule has 130 valence electrons. The SMILES string of the molecule is CC(C)C1CC(C)(C)Oc2ccc(OC(=O)C3=CCCCC3)cc21. The third-order valence-corrected chi connectivity index (χ3v) is 5.05. The smallest absolute Gasteiger partial charge is 0.339 e. The van der Waals surface area contributed by atoms with Crippen molar-refractivity contribution >= 4 is 5.97 Å². The summed E-state index contributed by atoms with van der Waals surface area (Å²) in [5.74, 6) is 2.27. The number of ether oxygens (including phenoxy) is 2. The maximum atomic E-state index is 12.3. The second kappa shape index (κ2) is 6.62. The Hall–Kier alpha value is -1.77. The van der Waals surface area contributed by atoms with Crippen LogP contribution >= 0.6 is 0 Å². The molecule has 0 saturated carbocycles. The molecule has 1 heterocycles.